The molecule has 2 heterocycles. The van der Waals surface area contributed by atoms with Crippen LogP contribution in [0.4, 0.5) is 0 Å². The average molecular weight is 279 g/mol. The Labute approximate surface area is 126 Å². The van der Waals surface area contributed by atoms with Crippen molar-refractivity contribution in [1.82, 2.24) is 4.90 Å². The number of hydrogen-bond acceptors (Lipinski definition) is 2. The quantitative estimate of drug-likeness (QED) is 0.788. The maximum Gasteiger partial charge on any atom is 0.119 e. The molecule has 0 N–H and O–H groups in total. The van der Waals surface area contributed by atoms with Crippen LogP contribution in [0.25, 0.3) is 0 Å². The SMILES string of the molecule is COc1ccc2c(c1)CCCN1Cc3ccccc3CC21. The van der Waals surface area contributed by atoms with Gasteiger partial charge in [0, 0.05) is 12.6 Å². The third kappa shape index (κ3) is 2.24. The first-order chi connectivity index (χ1) is 10.3. The van der Waals surface area contributed by atoms with Crippen LogP contribution in [-0.4, -0.2) is 18.6 Å². The minimum atomic E-state index is 0.531. The van der Waals surface area contributed by atoms with Crippen LogP contribution in [-0.2, 0) is 19.4 Å². The van der Waals surface area contributed by atoms with Crippen molar-refractivity contribution in [2.24, 2.45) is 0 Å². The zero-order chi connectivity index (χ0) is 14.2. The topological polar surface area (TPSA) is 12.5 Å². The molecule has 0 radical (unpaired) electrons. The fraction of sp³-hybridized carbons (Fsp3) is 0.368. The van der Waals surface area contributed by atoms with Crippen molar-refractivity contribution >= 4 is 0 Å². The Balaban J connectivity index is 1.76. The summed E-state index contributed by atoms with van der Waals surface area (Å²) in [4.78, 5) is 2.65. The zero-order valence-corrected chi connectivity index (χ0v) is 12.5. The maximum atomic E-state index is 5.40. The average Bonchev–Trinajstić information content (AvgIpc) is 2.71. The van der Waals surface area contributed by atoms with E-state index in [1.807, 2.05) is 0 Å². The Hall–Kier alpha value is -1.80. The number of aryl methyl sites for hydroxylation is 1. The molecule has 2 aliphatic heterocycles. The Kier molecular flexibility index (Phi) is 3.19. The lowest BCUT2D eigenvalue weighted by molar-refractivity contribution is 0.176. The Morgan fingerprint density at radius 2 is 1.90 bits per heavy atom. The number of nitrogens with zero attached hydrogens (tertiary/aromatic N) is 1. The standard InChI is InChI=1S/C19H21NO/c1-21-17-8-9-18-15(11-17)7-4-10-20-13-16-6-3-2-5-14(16)12-19(18)20/h2-3,5-6,8-9,11,19H,4,7,10,12-13H2,1H3. The number of rotatable bonds is 1. The molecule has 21 heavy (non-hydrogen) atoms. The van der Waals surface area contributed by atoms with Gasteiger partial charge in [-0.1, -0.05) is 30.3 Å². The first-order valence-electron chi connectivity index (χ1n) is 7.83. The van der Waals surface area contributed by atoms with Crippen molar-refractivity contribution in [3.63, 3.8) is 0 Å². The lowest BCUT2D eigenvalue weighted by Gasteiger charge is -2.36. The van der Waals surface area contributed by atoms with Crippen molar-refractivity contribution in [1.29, 1.82) is 0 Å². The predicted molar refractivity (Wildman–Crippen MR) is 84.6 cm³/mol. The van der Waals surface area contributed by atoms with Crippen LogP contribution in [0.2, 0.25) is 0 Å². The van der Waals surface area contributed by atoms with Crippen LogP contribution in [0.3, 0.4) is 0 Å². The minimum Gasteiger partial charge on any atom is -0.497 e. The molecule has 0 saturated carbocycles. The molecule has 0 saturated heterocycles. The highest BCUT2D eigenvalue weighted by atomic mass is 16.5. The van der Waals surface area contributed by atoms with Gasteiger partial charge >= 0.3 is 0 Å². The van der Waals surface area contributed by atoms with Crippen molar-refractivity contribution in [3.8, 4) is 5.75 Å². The Bertz CT molecular complexity index is 664. The number of ether oxygens (including phenoxy) is 1. The molecule has 0 fully saturated rings. The summed E-state index contributed by atoms with van der Waals surface area (Å²) in [6.45, 7) is 2.28. The zero-order valence-electron chi connectivity index (χ0n) is 12.5. The fourth-order valence-corrected chi connectivity index (χ4v) is 3.84. The number of fused-ring (bicyclic) bond motifs is 4. The fourth-order valence-electron chi connectivity index (χ4n) is 3.84. The van der Waals surface area contributed by atoms with E-state index in [9.17, 15) is 0 Å². The molecular weight excluding hydrogens is 258 g/mol. The number of benzene rings is 2. The molecule has 0 aromatic heterocycles. The summed E-state index contributed by atoms with van der Waals surface area (Å²) >= 11 is 0. The van der Waals surface area contributed by atoms with Crippen molar-refractivity contribution in [2.75, 3.05) is 13.7 Å². The Morgan fingerprint density at radius 1 is 1.05 bits per heavy atom. The second-order valence-electron chi connectivity index (χ2n) is 6.13. The monoisotopic (exact) mass is 279 g/mol. The molecule has 1 unspecified atom stereocenters. The molecule has 2 aromatic carbocycles. The summed E-state index contributed by atoms with van der Waals surface area (Å²) in [6.07, 6.45) is 3.53. The van der Waals surface area contributed by atoms with Gasteiger partial charge in [0.05, 0.1) is 7.11 Å². The molecule has 2 aromatic rings. The predicted octanol–water partition coefficient (Wildman–Crippen LogP) is 3.74. The molecule has 2 nitrogen and oxygen atoms in total. The summed E-state index contributed by atoms with van der Waals surface area (Å²) in [5.74, 6) is 0.985. The summed E-state index contributed by atoms with van der Waals surface area (Å²) in [7, 11) is 1.75. The largest absolute Gasteiger partial charge is 0.497 e. The third-order valence-corrected chi connectivity index (χ3v) is 4.95. The van der Waals surface area contributed by atoms with E-state index in [0.29, 0.717) is 6.04 Å². The van der Waals surface area contributed by atoms with E-state index in [1.165, 1.54) is 35.2 Å². The van der Waals surface area contributed by atoms with Gasteiger partial charge in [0.2, 0.25) is 0 Å². The molecule has 0 aliphatic carbocycles. The summed E-state index contributed by atoms with van der Waals surface area (Å²) in [5, 5.41) is 0. The highest BCUT2D eigenvalue weighted by Gasteiger charge is 2.30. The molecule has 0 bridgehead atoms. The van der Waals surface area contributed by atoms with E-state index in [2.05, 4.69) is 47.4 Å². The highest BCUT2D eigenvalue weighted by Crippen LogP contribution is 2.38. The van der Waals surface area contributed by atoms with Crippen LogP contribution in [0.1, 0.15) is 34.7 Å². The summed E-state index contributed by atoms with van der Waals surface area (Å²) < 4.78 is 5.40. The second kappa shape index (κ2) is 5.19. The van der Waals surface area contributed by atoms with Gasteiger partial charge in [-0.3, -0.25) is 4.90 Å². The highest BCUT2D eigenvalue weighted by molar-refractivity contribution is 5.41. The molecule has 1 atom stereocenters. The number of methoxy groups -OCH3 is 1. The van der Waals surface area contributed by atoms with Gasteiger partial charge in [-0.2, -0.15) is 0 Å². The van der Waals surface area contributed by atoms with Crippen LogP contribution in [0.15, 0.2) is 42.5 Å². The molecule has 4 rings (SSSR count). The molecule has 0 spiro atoms. The molecular formula is C19H21NO. The summed E-state index contributed by atoms with van der Waals surface area (Å²) in [5.41, 5.74) is 6.00. The number of hydrogen-bond donors (Lipinski definition) is 0. The van der Waals surface area contributed by atoms with Crippen molar-refractivity contribution < 1.29 is 4.74 Å². The minimum absolute atomic E-state index is 0.531. The van der Waals surface area contributed by atoms with E-state index in [1.54, 1.807) is 7.11 Å². The van der Waals surface area contributed by atoms with Crippen molar-refractivity contribution in [3.05, 3.63) is 64.7 Å². The van der Waals surface area contributed by atoms with Gasteiger partial charge in [0.25, 0.3) is 0 Å². The van der Waals surface area contributed by atoms with E-state index in [0.717, 1.165) is 25.1 Å². The van der Waals surface area contributed by atoms with E-state index < -0.39 is 0 Å². The van der Waals surface area contributed by atoms with E-state index in [4.69, 9.17) is 4.74 Å². The lowest BCUT2D eigenvalue weighted by atomic mass is 9.88. The van der Waals surface area contributed by atoms with Gasteiger partial charge in [-0.05, 0) is 60.2 Å². The summed E-state index contributed by atoms with van der Waals surface area (Å²) in [6, 6.07) is 16.1. The lowest BCUT2D eigenvalue weighted by Crippen LogP contribution is -2.34. The van der Waals surface area contributed by atoms with Gasteiger partial charge in [0.15, 0.2) is 0 Å². The van der Waals surface area contributed by atoms with Crippen LogP contribution in [0.5, 0.6) is 5.75 Å². The van der Waals surface area contributed by atoms with E-state index in [-0.39, 0.29) is 0 Å². The Morgan fingerprint density at radius 3 is 2.76 bits per heavy atom. The van der Waals surface area contributed by atoms with Crippen LogP contribution >= 0.6 is 0 Å². The van der Waals surface area contributed by atoms with Crippen molar-refractivity contribution in [2.45, 2.75) is 31.8 Å². The van der Waals surface area contributed by atoms with Crippen LogP contribution < -0.4 is 4.74 Å². The molecule has 2 heteroatoms. The second-order valence-corrected chi connectivity index (χ2v) is 6.13. The molecule has 2 aliphatic rings. The first kappa shape index (κ1) is 12.9. The molecule has 0 amide bonds. The van der Waals surface area contributed by atoms with Gasteiger partial charge in [-0.15, -0.1) is 0 Å². The molecule has 108 valence electrons. The van der Waals surface area contributed by atoms with Gasteiger partial charge < -0.3 is 4.74 Å². The first-order valence-corrected chi connectivity index (χ1v) is 7.83. The maximum absolute atomic E-state index is 5.40. The van der Waals surface area contributed by atoms with Gasteiger partial charge in [0.1, 0.15) is 5.75 Å². The normalized spacial score (nSPS) is 20.9. The van der Waals surface area contributed by atoms with Crippen LogP contribution in [0, 0.1) is 0 Å². The van der Waals surface area contributed by atoms with E-state index >= 15 is 0 Å². The smallest absolute Gasteiger partial charge is 0.119 e. The van der Waals surface area contributed by atoms with Gasteiger partial charge in [-0.25, -0.2) is 0 Å². The third-order valence-electron chi connectivity index (χ3n) is 4.95.